The lowest BCUT2D eigenvalue weighted by Gasteiger charge is -2.22. The molecule has 2 aromatic heterocycles. The number of anilines is 1. The molecule has 34 heavy (non-hydrogen) atoms. The predicted octanol–water partition coefficient (Wildman–Crippen LogP) is 4.22. The van der Waals surface area contributed by atoms with Gasteiger partial charge in [-0.15, -0.1) is 0 Å². The maximum atomic E-state index is 13.4. The Labute approximate surface area is 201 Å². The van der Waals surface area contributed by atoms with Gasteiger partial charge in [0.05, 0.1) is 29.6 Å². The molecular weight excluding hydrogens is 453 g/mol. The van der Waals surface area contributed by atoms with Gasteiger partial charge in [-0.05, 0) is 55.3 Å². The third-order valence-corrected chi connectivity index (χ3v) is 7.27. The lowest BCUT2D eigenvalue weighted by Crippen LogP contribution is -2.36. The number of fused-ring (bicyclic) bond motifs is 1. The van der Waals surface area contributed by atoms with Gasteiger partial charge in [0.25, 0.3) is 0 Å². The molecular formula is C25H26FN5O2S. The molecule has 1 aliphatic heterocycles. The highest BCUT2D eigenvalue weighted by molar-refractivity contribution is 7.22. The second kappa shape index (κ2) is 9.42. The van der Waals surface area contributed by atoms with Crippen LogP contribution in [0.1, 0.15) is 17.7 Å². The number of methoxy groups -OCH3 is 1. The number of carbonyl (C=O) groups excluding carboxylic acids is 1. The van der Waals surface area contributed by atoms with Crippen LogP contribution in [0.4, 0.5) is 9.52 Å². The number of hydrogen-bond donors (Lipinski definition) is 0. The minimum atomic E-state index is -0.280. The van der Waals surface area contributed by atoms with Crippen molar-refractivity contribution in [2.24, 2.45) is 0 Å². The first kappa shape index (κ1) is 22.3. The Morgan fingerprint density at radius 1 is 1.12 bits per heavy atom. The van der Waals surface area contributed by atoms with Crippen LogP contribution in [-0.4, -0.2) is 58.9 Å². The van der Waals surface area contributed by atoms with E-state index in [1.54, 1.807) is 35.3 Å². The van der Waals surface area contributed by atoms with E-state index in [2.05, 4.69) is 10.00 Å². The predicted molar refractivity (Wildman–Crippen MR) is 132 cm³/mol. The van der Waals surface area contributed by atoms with Crippen LogP contribution in [0.5, 0.6) is 5.75 Å². The molecule has 1 aliphatic rings. The van der Waals surface area contributed by atoms with Gasteiger partial charge in [-0.25, -0.2) is 9.07 Å². The molecule has 0 N–H and O–H groups in total. The molecule has 0 saturated carbocycles. The zero-order chi connectivity index (χ0) is 23.7. The van der Waals surface area contributed by atoms with Crippen LogP contribution in [0.2, 0.25) is 0 Å². The molecule has 7 nitrogen and oxygen atoms in total. The van der Waals surface area contributed by atoms with Gasteiger partial charge in [-0.2, -0.15) is 10.1 Å². The number of benzene rings is 2. The average Bonchev–Trinajstić information content (AvgIpc) is 3.30. The minimum Gasteiger partial charge on any atom is -0.497 e. The van der Waals surface area contributed by atoms with Crippen LogP contribution in [0, 0.1) is 12.7 Å². The van der Waals surface area contributed by atoms with Crippen molar-refractivity contribution in [1.82, 2.24) is 19.7 Å². The molecule has 0 spiro atoms. The monoisotopic (exact) mass is 479 g/mol. The van der Waals surface area contributed by atoms with Gasteiger partial charge in [0, 0.05) is 26.2 Å². The van der Waals surface area contributed by atoms with Crippen LogP contribution < -0.4 is 9.64 Å². The molecule has 176 valence electrons. The molecule has 0 radical (unpaired) electrons. The number of aromatic nitrogens is 3. The highest BCUT2D eigenvalue weighted by Crippen LogP contribution is 2.33. The maximum absolute atomic E-state index is 13.4. The molecule has 1 fully saturated rings. The van der Waals surface area contributed by atoms with Crippen LogP contribution in [0.25, 0.3) is 16.0 Å². The maximum Gasteiger partial charge on any atom is 0.227 e. The van der Waals surface area contributed by atoms with E-state index in [1.807, 2.05) is 36.1 Å². The van der Waals surface area contributed by atoms with E-state index in [9.17, 15) is 9.18 Å². The Kier molecular flexibility index (Phi) is 6.19. The van der Waals surface area contributed by atoms with Crippen LogP contribution >= 0.6 is 11.3 Å². The van der Waals surface area contributed by atoms with E-state index < -0.39 is 0 Å². The van der Waals surface area contributed by atoms with Crippen molar-refractivity contribution >= 4 is 32.7 Å². The number of rotatable bonds is 5. The molecule has 9 heteroatoms. The zero-order valence-electron chi connectivity index (χ0n) is 19.2. The quantitative estimate of drug-likeness (QED) is 0.429. The Balaban J connectivity index is 1.30. The fourth-order valence-corrected chi connectivity index (χ4v) is 5.29. The molecule has 3 heterocycles. The van der Waals surface area contributed by atoms with Crippen molar-refractivity contribution < 1.29 is 13.9 Å². The summed E-state index contributed by atoms with van der Waals surface area (Å²) in [4.78, 5) is 22.0. The Morgan fingerprint density at radius 3 is 2.74 bits per heavy atom. The first-order valence-corrected chi connectivity index (χ1v) is 12.1. The van der Waals surface area contributed by atoms with E-state index in [0.29, 0.717) is 13.0 Å². The summed E-state index contributed by atoms with van der Waals surface area (Å²) in [5.74, 6) is 0.609. The van der Waals surface area contributed by atoms with Gasteiger partial charge in [-0.3, -0.25) is 4.79 Å². The number of ether oxygens (including phenoxy) is 1. The molecule has 5 rings (SSSR count). The van der Waals surface area contributed by atoms with Gasteiger partial charge in [0.2, 0.25) is 5.91 Å². The summed E-state index contributed by atoms with van der Waals surface area (Å²) in [5, 5.41) is 5.53. The largest absolute Gasteiger partial charge is 0.497 e. The number of carbonyl (C=O) groups is 1. The van der Waals surface area contributed by atoms with Crippen molar-refractivity contribution in [3.63, 3.8) is 0 Å². The highest BCUT2D eigenvalue weighted by Gasteiger charge is 2.23. The number of amides is 1. The second-order valence-corrected chi connectivity index (χ2v) is 9.35. The van der Waals surface area contributed by atoms with Crippen molar-refractivity contribution in [2.75, 3.05) is 38.2 Å². The van der Waals surface area contributed by atoms with Crippen LogP contribution in [0.15, 0.2) is 48.5 Å². The summed E-state index contributed by atoms with van der Waals surface area (Å²) in [6.45, 7) is 4.91. The fraction of sp³-hybridized carbons (Fsp3) is 0.320. The van der Waals surface area contributed by atoms with Crippen LogP contribution in [0.3, 0.4) is 0 Å². The summed E-state index contributed by atoms with van der Waals surface area (Å²) in [6.07, 6.45) is 1.24. The average molecular weight is 480 g/mol. The zero-order valence-corrected chi connectivity index (χ0v) is 20.0. The van der Waals surface area contributed by atoms with Gasteiger partial charge < -0.3 is 14.5 Å². The van der Waals surface area contributed by atoms with E-state index >= 15 is 0 Å². The lowest BCUT2D eigenvalue weighted by molar-refractivity contribution is -0.130. The van der Waals surface area contributed by atoms with Gasteiger partial charge in [-0.1, -0.05) is 23.5 Å². The Bertz CT molecular complexity index is 1320. The third-order valence-electron chi connectivity index (χ3n) is 6.06. The van der Waals surface area contributed by atoms with Crippen molar-refractivity contribution in [1.29, 1.82) is 0 Å². The fourth-order valence-electron chi connectivity index (χ4n) is 4.25. The molecule has 1 saturated heterocycles. The van der Waals surface area contributed by atoms with E-state index in [0.717, 1.165) is 64.2 Å². The van der Waals surface area contributed by atoms with E-state index in [-0.39, 0.29) is 11.7 Å². The smallest absolute Gasteiger partial charge is 0.227 e. The molecule has 1 amide bonds. The standard InChI is InChI=1S/C25H26FN5O2S/c1-17-23-24(31(28-17)20-9-7-19(26)8-10-20)27-25(34-23)30-12-4-11-29(13-14-30)22(32)16-18-5-3-6-21(15-18)33-2/h3,5-10,15H,4,11-14,16H2,1-2H3. The van der Waals surface area contributed by atoms with Crippen molar-refractivity contribution in [2.45, 2.75) is 19.8 Å². The molecule has 2 aromatic carbocycles. The van der Waals surface area contributed by atoms with Gasteiger partial charge >= 0.3 is 0 Å². The van der Waals surface area contributed by atoms with Gasteiger partial charge in [0.1, 0.15) is 11.6 Å². The number of nitrogens with zero attached hydrogens (tertiary/aromatic N) is 5. The Hall–Kier alpha value is -3.46. The highest BCUT2D eigenvalue weighted by atomic mass is 32.1. The summed E-state index contributed by atoms with van der Waals surface area (Å²) < 4.78 is 21.4. The number of halogens is 1. The summed E-state index contributed by atoms with van der Waals surface area (Å²) in [6, 6.07) is 13.9. The first-order valence-electron chi connectivity index (χ1n) is 11.3. The molecule has 4 aromatic rings. The lowest BCUT2D eigenvalue weighted by atomic mass is 10.1. The van der Waals surface area contributed by atoms with E-state index in [1.165, 1.54) is 12.1 Å². The van der Waals surface area contributed by atoms with Crippen molar-refractivity contribution in [3.05, 3.63) is 65.6 Å². The SMILES string of the molecule is COc1cccc(CC(=O)N2CCCN(c3nc4c(s3)c(C)nn4-c3ccc(F)cc3)CC2)c1. The first-order chi connectivity index (χ1) is 16.5. The number of thiazole rings is 1. The second-order valence-electron chi connectivity index (χ2n) is 8.37. The minimum absolute atomic E-state index is 0.127. The third kappa shape index (κ3) is 4.48. The summed E-state index contributed by atoms with van der Waals surface area (Å²) in [7, 11) is 1.63. The normalized spacial score (nSPS) is 14.4. The molecule has 0 unspecified atom stereocenters. The summed E-state index contributed by atoms with van der Waals surface area (Å²) >= 11 is 1.61. The number of hydrogen-bond acceptors (Lipinski definition) is 6. The summed E-state index contributed by atoms with van der Waals surface area (Å²) in [5.41, 5.74) is 3.41. The topological polar surface area (TPSA) is 63.5 Å². The number of aryl methyl sites for hydroxylation is 1. The molecule has 0 aliphatic carbocycles. The van der Waals surface area contributed by atoms with Crippen LogP contribution in [-0.2, 0) is 11.2 Å². The molecule has 0 atom stereocenters. The molecule has 0 bridgehead atoms. The van der Waals surface area contributed by atoms with Gasteiger partial charge in [0.15, 0.2) is 10.8 Å². The van der Waals surface area contributed by atoms with E-state index in [4.69, 9.17) is 9.72 Å². The van der Waals surface area contributed by atoms with Crippen molar-refractivity contribution in [3.8, 4) is 11.4 Å². The Morgan fingerprint density at radius 2 is 1.94 bits per heavy atom.